The highest BCUT2D eigenvalue weighted by atomic mass is 16.4. The zero-order chi connectivity index (χ0) is 14.4. The molecule has 3 heteroatoms. The maximum absolute atomic E-state index is 5.78. The highest BCUT2D eigenvalue weighted by Gasteiger charge is 1.97. The molecule has 2 N–H and O–H groups in total. The van der Waals surface area contributed by atoms with Crippen LogP contribution in [0.5, 0.6) is 0 Å². The van der Waals surface area contributed by atoms with Crippen molar-refractivity contribution in [3.63, 3.8) is 0 Å². The van der Waals surface area contributed by atoms with Crippen molar-refractivity contribution in [2.24, 2.45) is 16.6 Å². The van der Waals surface area contributed by atoms with Gasteiger partial charge in [-0.15, -0.1) is 0 Å². The van der Waals surface area contributed by atoms with Crippen LogP contribution in [0, 0.1) is 5.92 Å². The lowest BCUT2D eigenvalue weighted by Crippen LogP contribution is -2.13. The Kier molecular flexibility index (Phi) is 14.5. The molecule has 0 heterocycles. The number of ether oxygens (including phenoxy) is 1. The van der Waals surface area contributed by atoms with Crippen LogP contribution in [0.25, 0.3) is 0 Å². The highest BCUT2D eigenvalue weighted by molar-refractivity contribution is 5.80. The summed E-state index contributed by atoms with van der Waals surface area (Å²) in [5, 5.41) is 0. The van der Waals surface area contributed by atoms with Crippen molar-refractivity contribution >= 4 is 5.84 Å². The van der Waals surface area contributed by atoms with Gasteiger partial charge in [-0.3, -0.25) is 4.99 Å². The van der Waals surface area contributed by atoms with E-state index in [2.05, 4.69) is 36.7 Å². The third-order valence-electron chi connectivity index (χ3n) is 2.04. The first-order chi connectivity index (χ1) is 8.51. The fourth-order valence-electron chi connectivity index (χ4n) is 1.05. The van der Waals surface area contributed by atoms with Gasteiger partial charge in [0, 0.05) is 20.6 Å². The number of nitrogens with two attached hydrogens (primary N) is 1. The number of hydrogen-bond acceptors (Lipinski definition) is 2. The molecular weight excluding hydrogens is 224 g/mol. The summed E-state index contributed by atoms with van der Waals surface area (Å²) in [6.45, 7) is 12.3. The smallest absolute Gasteiger partial charge is 0.0941 e. The van der Waals surface area contributed by atoms with Gasteiger partial charge < -0.3 is 10.5 Å². The number of nitrogens with zero attached hydrogens (tertiary/aromatic N) is 1. The van der Waals surface area contributed by atoms with E-state index in [1.54, 1.807) is 26.4 Å². The number of hydrogen-bond donors (Lipinski definition) is 1. The molecule has 0 bridgehead atoms. The third-order valence-corrected chi connectivity index (χ3v) is 2.04. The molecule has 0 aliphatic rings. The summed E-state index contributed by atoms with van der Waals surface area (Å²) in [7, 11) is 3.25. The van der Waals surface area contributed by atoms with Crippen LogP contribution in [0.3, 0.4) is 0 Å². The lowest BCUT2D eigenvalue weighted by Gasteiger charge is -2.04. The largest absolute Gasteiger partial charge is 0.388 e. The van der Waals surface area contributed by atoms with Crippen LogP contribution in [0.2, 0.25) is 0 Å². The Morgan fingerprint density at radius 1 is 1.33 bits per heavy atom. The Bertz CT molecular complexity index is 278. The van der Waals surface area contributed by atoms with E-state index in [0.29, 0.717) is 12.5 Å². The first-order valence-electron chi connectivity index (χ1n) is 6.14. The zero-order valence-corrected chi connectivity index (χ0v) is 12.3. The van der Waals surface area contributed by atoms with Crippen molar-refractivity contribution < 1.29 is 4.74 Å². The van der Waals surface area contributed by atoms with Crippen molar-refractivity contribution in [3.8, 4) is 0 Å². The molecule has 0 fully saturated rings. The van der Waals surface area contributed by atoms with Crippen molar-refractivity contribution in [2.75, 3.05) is 20.8 Å². The number of methoxy groups -OCH3 is 1. The molecular formula is C15H28N2O. The van der Waals surface area contributed by atoms with Gasteiger partial charge >= 0.3 is 0 Å². The molecule has 0 aliphatic heterocycles. The van der Waals surface area contributed by atoms with E-state index in [0.717, 1.165) is 24.3 Å². The Labute approximate surface area is 112 Å². The van der Waals surface area contributed by atoms with Gasteiger partial charge in [0.15, 0.2) is 0 Å². The van der Waals surface area contributed by atoms with Crippen molar-refractivity contribution in [1.29, 1.82) is 0 Å². The van der Waals surface area contributed by atoms with Gasteiger partial charge in [-0.1, -0.05) is 45.2 Å². The van der Waals surface area contributed by atoms with Crippen molar-refractivity contribution in [1.82, 2.24) is 0 Å². The molecule has 0 radical (unpaired) electrons. The Morgan fingerprint density at radius 2 is 1.89 bits per heavy atom. The highest BCUT2D eigenvalue weighted by Crippen LogP contribution is 2.04. The van der Waals surface area contributed by atoms with Gasteiger partial charge in [0.25, 0.3) is 0 Å². The topological polar surface area (TPSA) is 47.6 Å². The van der Waals surface area contributed by atoms with Crippen LogP contribution in [0.15, 0.2) is 42.0 Å². The molecule has 0 spiro atoms. The number of rotatable bonds is 7. The van der Waals surface area contributed by atoms with Crippen LogP contribution in [0.4, 0.5) is 0 Å². The van der Waals surface area contributed by atoms with E-state index >= 15 is 0 Å². The minimum Gasteiger partial charge on any atom is -0.388 e. The van der Waals surface area contributed by atoms with Gasteiger partial charge in [0.05, 0.1) is 12.4 Å². The molecule has 0 aromatic rings. The molecule has 0 amide bonds. The maximum atomic E-state index is 5.78. The monoisotopic (exact) mass is 252 g/mol. The minimum absolute atomic E-state index is 0.597. The van der Waals surface area contributed by atoms with Crippen LogP contribution in [0.1, 0.15) is 26.7 Å². The Hall–Kier alpha value is -1.35. The second-order valence-electron chi connectivity index (χ2n) is 4.33. The lowest BCUT2D eigenvalue weighted by atomic mass is 10.1. The second-order valence-corrected chi connectivity index (χ2v) is 4.33. The van der Waals surface area contributed by atoms with E-state index in [4.69, 9.17) is 5.73 Å². The lowest BCUT2D eigenvalue weighted by molar-refractivity contribution is 0.277. The van der Waals surface area contributed by atoms with Gasteiger partial charge in [-0.2, -0.15) is 0 Å². The summed E-state index contributed by atoms with van der Waals surface area (Å²) >= 11 is 0. The molecule has 0 atom stereocenters. The van der Waals surface area contributed by atoms with Crippen molar-refractivity contribution in [3.05, 3.63) is 37.0 Å². The molecule has 0 aromatic carbocycles. The summed E-state index contributed by atoms with van der Waals surface area (Å²) in [6, 6.07) is 0. The summed E-state index contributed by atoms with van der Waals surface area (Å²) in [4.78, 5) is 4.29. The molecule has 0 saturated carbocycles. The number of allylic oxidation sites excluding steroid dienone is 2. The molecule has 18 heavy (non-hydrogen) atoms. The first kappa shape index (κ1) is 19.0. The predicted molar refractivity (Wildman–Crippen MR) is 82.0 cm³/mol. The summed E-state index contributed by atoms with van der Waals surface area (Å²) in [5.74, 6) is 1.39. The molecule has 0 aliphatic carbocycles. The van der Waals surface area contributed by atoms with Crippen LogP contribution >= 0.6 is 0 Å². The second kappa shape index (κ2) is 13.7. The zero-order valence-electron chi connectivity index (χ0n) is 12.3. The first-order valence-corrected chi connectivity index (χ1v) is 6.14. The van der Waals surface area contributed by atoms with Crippen LogP contribution < -0.4 is 5.73 Å². The summed E-state index contributed by atoms with van der Waals surface area (Å²) < 4.78 is 4.25. The van der Waals surface area contributed by atoms with E-state index < -0.39 is 0 Å². The Balaban J connectivity index is 0. The molecule has 0 unspecified atom stereocenters. The normalized spacial score (nSPS) is 11.8. The quantitative estimate of drug-likeness (QED) is 0.429. The molecule has 104 valence electrons. The average molecular weight is 252 g/mol. The fraction of sp³-hybridized carbons (Fsp3) is 0.533. The van der Waals surface area contributed by atoms with E-state index in [1.165, 1.54) is 0 Å². The van der Waals surface area contributed by atoms with Gasteiger partial charge in [0.2, 0.25) is 0 Å². The van der Waals surface area contributed by atoms with Crippen LogP contribution in [-0.2, 0) is 4.74 Å². The average Bonchev–Trinajstić information content (AvgIpc) is 2.32. The fourth-order valence-corrected chi connectivity index (χ4v) is 1.05. The molecule has 0 rings (SSSR count). The summed E-state index contributed by atoms with van der Waals surface area (Å²) in [5.41, 5.74) is 6.82. The third kappa shape index (κ3) is 14.6. The van der Waals surface area contributed by atoms with Crippen molar-refractivity contribution in [2.45, 2.75) is 26.7 Å². The van der Waals surface area contributed by atoms with Gasteiger partial charge in [-0.05, 0) is 17.9 Å². The van der Waals surface area contributed by atoms with Gasteiger partial charge in [-0.25, -0.2) is 0 Å². The van der Waals surface area contributed by atoms with E-state index in [9.17, 15) is 0 Å². The Morgan fingerprint density at radius 3 is 2.28 bits per heavy atom. The standard InChI is InChI=1S/C13H22N2.C2H6O/c1-5-7-12(6-2)10-15-13(14)9-8-11(3)4;1-3-2/h5-7,11H,1-2,8-10H2,3-4H3,(H2,14,15);1-2H3/b12-7+;. The molecule has 0 saturated heterocycles. The minimum atomic E-state index is 0.597. The predicted octanol–water partition coefficient (Wildman–Crippen LogP) is 3.34. The molecule has 0 aromatic heterocycles. The van der Waals surface area contributed by atoms with Gasteiger partial charge in [0.1, 0.15) is 0 Å². The maximum Gasteiger partial charge on any atom is 0.0941 e. The van der Waals surface area contributed by atoms with E-state index in [1.807, 2.05) is 6.08 Å². The summed E-state index contributed by atoms with van der Waals surface area (Å²) in [6.07, 6.45) is 7.37. The number of amidine groups is 1. The van der Waals surface area contributed by atoms with Crippen LogP contribution in [-0.4, -0.2) is 26.6 Å². The molecule has 3 nitrogen and oxygen atoms in total. The van der Waals surface area contributed by atoms with E-state index in [-0.39, 0.29) is 0 Å². The SMILES string of the molecule is C=C/C=C(\C=C)CN=C(N)CCC(C)C.COC. The number of aliphatic imine (C=N–C) groups is 1.